The predicted octanol–water partition coefficient (Wildman–Crippen LogP) is 3.36. The Morgan fingerprint density at radius 1 is 1.32 bits per heavy atom. The van der Waals surface area contributed by atoms with Crippen LogP contribution in [-0.2, 0) is 0 Å². The summed E-state index contributed by atoms with van der Waals surface area (Å²) < 4.78 is 19.8. The Morgan fingerprint density at radius 3 is 2.68 bits per heavy atom. The van der Waals surface area contributed by atoms with Crippen LogP contribution in [0.3, 0.4) is 0 Å². The van der Waals surface area contributed by atoms with Crippen molar-refractivity contribution in [3.05, 3.63) is 52.3 Å². The Labute approximate surface area is 118 Å². The summed E-state index contributed by atoms with van der Waals surface area (Å²) in [6.07, 6.45) is 0. The molecule has 5 heteroatoms. The van der Waals surface area contributed by atoms with E-state index in [2.05, 4.69) is 15.9 Å². The van der Waals surface area contributed by atoms with Gasteiger partial charge in [-0.2, -0.15) is 0 Å². The van der Waals surface area contributed by atoms with Gasteiger partial charge in [-0.1, -0.05) is 28.1 Å². The van der Waals surface area contributed by atoms with Gasteiger partial charge in [-0.25, -0.2) is 4.39 Å². The smallest absolute Gasteiger partial charge is 0.248 e. The van der Waals surface area contributed by atoms with Crippen molar-refractivity contribution in [3.63, 3.8) is 0 Å². The maximum Gasteiger partial charge on any atom is 0.248 e. The van der Waals surface area contributed by atoms with Crippen molar-refractivity contribution < 1.29 is 13.9 Å². The maximum atomic E-state index is 14.2. The molecule has 19 heavy (non-hydrogen) atoms. The van der Waals surface area contributed by atoms with E-state index in [1.165, 1.54) is 13.2 Å². The van der Waals surface area contributed by atoms with Crippen molar-refractivity contribution in [1.29, 1.82) is 0 Å². The molecule has 0 spiro atoms. The van der Waals surface area contributed by atoms with Crippen LogP contribution in [0.2, 0.25) is 0 Å². The van der Waals surface area contributed by atoms with Crippen LogP contribution in [-0.4, -0.2) is 13.0 Å². The third-order valence-corrected chi connectivity index (χ3v) is 3.13. The van der Waals surface area contributed by atoms with E-state index < -0.39 is 11.7 Å². The van der Waals surface area contributed by atoms with Gasteiger partial charge in [0.2, 0.25) is 5.91 Å². The van der Waals surface area contributed by atoms with E-state index in [-0.39, 0.29) is 5.75 Å². The molecule has 0 fully saturated rings. The van der Waals surface area contributed by atoms with Crippen LogP contribution in [0.5, 0.6) is 5.75 Å². The second kappa shape index (κ2) is 5.40. The molecule has 2 rings (SSSR count). The molecule has 0 saturated heterocycles. The van der Waals surface area contributed by atoms with Crippen LogP contribution >= 0.6 is 15.9 Å². The average molecular weight is 324 g/mol. The van der Waals surface area contributed by atoms with Gasteiger partial charge in [-0.3, -0.25) is 4.79 Å². The second-order valence-corrected chi connectivity index (χ2v) is 4.83. The summed E-state index contributed by atoms with van der Waals surface area (Å²) in [5, 5.41) is 0. The van der Waals surface area contributed by atoms with Gasteiger partial charge < -0.3 is 10.5 Å². The lowest BCUT2D eigenvalue weighted by Crippen LogP contribution is -2.10. The number of rotatable bonds is 3. The van der Waals surface area contributed by atoms with E-state index in [1.54, 1.807) is 30.3 Å². The van der Waals surface area contributed by atoms with Crippen LogP contribution in [0.4, 0.5) is 4.39 Å². The second-order valence-electron chi connectivity index (χ2n) is 3.91. The molecule has 0 unspecified atom stereocenters. The maximum absolute atomic E-state index is 14.2. The molecule has 0 aromatic heterocycles. The monoisotopic (exact) mass is 323 g/mol. The minimum Gasteiger partial charge on any atom is -0.494 e. The fraction of sp³-hybridized carbons (Fsp3) is 0.0714. The molecule has 0 aliphatic carbocycles. The zero-order chi connectivity index (χ0) is 14.0. The number of carbonyl (C=O) groups excluding carboxylic acids is 1. The summed E-state index contributed by atoms with van der Waals surface area (Å²) >= 11 is 3.28. The lowest BCUT2D eigenvalue weighted by Gasteiger charge is -2.09. The SMILES string of the molecule is COc1cccc(-c2cc(Br)cc(C(N)=O)c2)c1F. The Hall–Kier alpha value is -1.88. The molecule has 0 aliphatic heterocycles. The fourth-order valence-corrected chi connectivity index (χ4v) is 2.27. The molecule has 0 atom stereocenters. The van der Waals surface area contributed by atoms with Crippen molar-refractivity contribution in [3.8, 4) is 16.9 Å². The van der Waals surface area contributed by atoms with Crippen molar-refractivity contribution >= 4 is 21.8 Å². The first kappa shape index (κ1) is 13.5. The number of carbonyl (C=O) groups is 1. The largest absolute Gasteiger partial charge is 0.494 e. The van der Waals surface area contributed by atoms with Crippen LogP contribution < -0.4 is 10.5 Å². The minimum atomic E-state index is -0.564. The molecule has 2 aromatic carbocycles. The fourth-order valence-electron chi connectivity index (χ4n) is 1.78. The molecule has 0 bridgehead atoms. The number of ether oxygens (including phenoxy) is 1. The molecular formula is C14H11BrFNO2. The Balaban J connectivity index is 2.62. The highest BCUT2D eigenvalue weighted by Crippen LogP contribution is 2.31. The Bertz CT molecular complexity index is 643. The minimum absolute atomic E-state index is 0.151. The lowest BCUT2D eigenvalue weighted by molar-refractivity contribution is 0.100. The molecule has 0 aliphatic rings. The summed E-state index contributed by atoms with van der Waals surface area (Å²) in [5.74, 6) is -0.887. The lowest BCUT2D eigenvalue weighted by atomic mass is 10.0. The highest BCUT2D eigenvalue weighted by Gasteiger charge is 2.12. The van der Waals surface area contributed by atoms with Gasteiger partial charge in [-0.15, -0.1) is 0 Å². The molecule has 2 N–H and O–H groups in total. The Morgan fingerprint density at radius 2 is 2.05 bits per heavy atom. The van der Waals surface area contributed by atoms with Crippen LogP contribution in [0.1, 0.15) is 10.4 Å². The van der Waals surface area contributed by atoms with E-state index in [1.807, 2.05) is 0 Å². The predicted molar refractivity (Wildman–Crippen MR) is 74.6 cm³/mol. The van der Waals surface area contributed by atoms with E-state index in [4.69, 9.17) is 10.5 Å². The molecule has 3 nitrogen and oxygen atoms in total. The van der Waals surface area contributed by atoms with Gasteiger partial charge in [0.05, 0.1) is 7.11 Å². The molecular weight excluding hydrogens is 313 g/mol. The molecule has 0 saturated carbocycles. The van der Waals surface area contributed by atoms with Crippen LogP contribution in [0.15, 0.2) is 40.9 Å². The van der Waals surface area contributed by atoms with Gasteiger partial charge in [0.25, 0.3) is 0 Å². The number of hydrogen-bond acceptors (Lipinski definition) is 2. The number of methoxy groups -OCH3 is 1. The number of primary amides is 1. The normalized spacial score (nSPS) is 10.3. The summed E-state index contributed by atoms with van der Waals surface area (Å²) in [6.45, 7) is 0. The number of nitrogens with two attached hydrogens (primary N) is 1. The highest BCUT2D eigenvalue weighted by atomic mass is 79.9. The zero-order valence-corrected chi connectivity index (χ0v) is 11.7. The molecule has 0 heterocycles. The summed E-state index contributed by atoms with van der Waals surface area (Å²) in [5.41, 5.74) is 6.46. The standard InChI is InChI=1S/C14H11BrFNO2/c1-19-12-4-2-3-11(13(12)16)8-5-9(14(17)18)7-10(15)6-8/h2-7H,1H3,(H2,17,18). The molecule has 2 aromatic rings. The van der Waals surface area contributed by atoms with Crippen molar-refractivity contribution in [2.75, 3.05) is 7.11 Å². The summed E-state index contributed by atoms with van der Waals surface area (Å²) in [4.78, 5) is 11.2. The first-order valence-corrected chi connectivity index (χ1v) is 6.25. The van der Waals surface area contributed by atoms with Gasteiger partial charge >= 0.3 is 0 Å². The molecule has 0 radical (unpaired) electrons. The Kier molecular flexibility index (Phi) is 3.85. The van der Waals surface area contributed by atoms with Gasteiger partial charge in [0, 0.05) is 15.6 Å². The third-order valence-electron chi connectivity index (χ3n) is 2.68. The first-order valence-electron chi connectivity index (χ1n) is 5.46. The summed E-state index contributed by atoms with van der Waals surface area (Å²) in [6, 6.07) is 9.68. The number of amides is 1. The van der Waals surface area contributed by atoms with E-state index in [0.29, 0.717) is 21.2 Å². The van der Waals surface area contributed by atoms with Gasteiger partial charge in [0.1, 0.15) is 0 Å². The highest BCUT2D eigenvalue weighted by molar-refractivity contribution is 9.10. The van der Waals surface area contributed by atoms with E-state index >= 15 is 0 Å². The third kappa shape index (κ3) is 2.76. The van der Waals surface area contributed by atoms with Crippen molar-refractivity contribution in [2.45, 2.75) is 0 Å². The van der Waals surface area contributed by atoms with Crippen molar-refractivity contribution in [2.24, 2.45) is 5.73 Å². The summed E-state index contributed by atoms with van der Waals surface area (Å²) in [7, 11) is 1.40. The topological polar surface area (TPSA) is 52.3 Å². The average Bonchev–Trinajstić information content (AvgIpc) is 2.38. The number of benzene rings is 2. The zero-order valence-electron chi connectivity index (χ0n) is 10.1. The van der Waals surface area contributed by atoms with Crippen LogP contribution in [0.25, 0.3) is 11.1 Å². The van der Waals surface area contributed by atoms with Gasteiger partial charge in [-0.05, 0) is 29.8 Å². The van der Waals surface area contributed by atoms with Crippen molar-refractivity contribution in [1.82, 2.24) is 0 Å². The quantitative estimate of drug-likeness (QED) is 0.941. The number of halogens is 2. The number of hydrogen-bond donors (Lipinski definition) is 1. The van der Waals surface area contributed by atoms with Gasteiger partial charge in [0.15, 0.2) is 11.6 Å². The van der Waals surface area contributed by atoms with Crippen LogP contribution in [0, 0.1) is 5.82 Å². The molecule has 98 valence electrons. The first-order chi connectivity index (χ1) is 9.02. The van der Waals surface area contributed by atoms with E-state index in [9.17, 15) is 9.18 Å². The molecule has 1 amide bonds. The van der Waals surface area contributed by atoms with E-state index in [0.717, 1.165) is 0 Å².